The number of ether oxygens (including phenoxy) is 2. The smallest absolute Gasteiger partial charge is 0.311 e. The van der Waals surface area contributed by atoms with Gasteiger partial charge in [0.05, 0.1) is 28.7 Å². The number of fused-ring (bicyclic) bond motifs is 1. The van der Waals surface area contributed by atoms with Gasteiger partial charge in [0.15, 0.2) is 11.5 Å². The summed E-state index contributed by atoms with van der Waals surface area (Å²) in [6.07, 6.45) is 1.15. The van der Waals surface area contributed by atoms with Crippen LogP contribution in [0.1, 0.15) is 13.8 Å². The molecular formula is C19H17ClFN3O4. The summed E-state index contributed by atoms with van der Waals surface area (Å²) in [5, 5.41) is 14.8. The Balaban J connectivity index is 2.21. The number of halogens is 2. The lowest BCUT2D eigenvalue weighted by Crippen LogP contribution is -2.02. The number of nitrogens with one attached hydrogen (secondary N) is 1. The van der Waals surface area contributed by atoms with Crippen molar-refractivity contribution in [2.24, 2.45) is 0 Å². The molecule has 2 aromatic carbocycles. The average Bonchev–Trinajstić information content (AvgIpc) is 2.66. The monoisotopic (exact) mass is 405 g/mol. The molecule has 0 aliphatic heterocycles. The topological polar surface area (TPSA) is 86.5 Å². The largest absolute Gasteiger partial charge is 0.490 e. The minimum absolute atomic E-state index is 0.0420. The molecular weight excluding hydrogens is 389 g/mol. The van der Waals surface area contributed by atoms with Crippen LogP contribution in [0.15, 0.2) is 36.5 Å². The summed E-state index contributed by atoms with van der Waals surface area (Å²) >= 11 is 5.71. The lowest BCUT2D eigenvalue weighted by molar-refractivity contribution is -0.384. The quantitative estimate of drug-likeness (QED) is 0.414. The van der Waals surface area contributed by atoms with Gasteiger partial charge >= 0.3 is 5.69 Å². The number of benzene rings is 2. The SMILES string of the molecule is CCOc1cc2ncc([N+](=O)[O-])c(Nc3ccc(Cl)c(F)c3)c2cc1OCC. The van der Waals surface area contributed by atoms with Crippen LogP contribution in [0.4, 0.5) is 21.5 Å². The first-order valence-corrected chi connectivity index (χ1v) is 8.91. The Kier molecular flexibility index (Phi) is 5.79. The van der Waals surface area contributed by atoms with Crippen molar-refractivity contribution in [1.82, 2.24) is 4.98 Å². The first-order valence-electron chi connectivity index (χ1n) is 8.53. The highest BCUT2D eigenvalue weighted by atomic mass is 35.5. The zero-order valence-electron chi connectivity index (χ0n) is 15.2. The Morgan fingerprint density at radius 3 is 2.46 bits per heavy atom. The lowest BCUT2D eigenvalue weighted by atomic mass is 10.1. The summed E-state index contributed by atoms with van der Waals surface area (Å²) in [6.45, 7) is 4.47. The van der Waals surface area contributed by atoms with Crippen molar-refractivity contribution < 1.29 is 18.8 Å². The van der Waals surface area contributed by atoms with Crippen LogP contribution in [0.3, 0.4) is 0 Å². The van der Waals surface area contributed by atoms with E-state index in [-0.39, 0.29) is 16.4 Å². The number of hydrogen-bond acceptors (Lipinski definition) is 6. The molecule has 28 heavy (non-hydrogen) atoms. The van der Waals surface area contributed by atoms with Crippen molar-refractivity contribution in [3.8, 4) is 11.5 Å². The third-order valence-corrected chi connectivity index (χ3v) is 4.21. The van der Waals surface area contributed by atoms with E-state index in [1.54, 1.807) is 12.1 Å². The highest BCUT2D eigenvalue weighted by Gasteiger charge is 2.21. The minimum atomic E-state index is -0.638. The molecule has 1 aromatic heterocycles. The summed E-state index contributed by atoms with van der Waals surface area (Å²) in [7, 11) is 0. The van der Waals surface area contributed by atoms with Crippen LogP contribution >= 0.6 is 11.6 Å². The van der Waals surface area contributed by atoms with E-state index in [9.17, 15) is 14.5 Å². The van der Waals surface area contributed by atoms with Crippen molar-refractivity contribution in [1.29, 1.82) is 0 Å². The first kappa shape index (κ1) is 19.6. The normalized spacial score (nSPS) is 10.7. The third-order valence-electron chi connectivity index (χ3n) is 3.90. The number of aromatic nitrogens is 1. The van der Waals surface area contributed by atoms with Gasteiger partial charge in [0.25, 0.3) is 0 Å². The van der Waals surface area contributed by atoms with Gasteiger partial charge in [0.2, 0.25) is 0 Å². The molecule has 0 aliphatic carbocycles. The van der Waals surface area contributed by atoms with Gasteiger partial charge in [-0.25, -0.2) is 9.37 Å². The second kappa shape index (κ2) is 8.26. The van der Waals surface area contributed by atoms with Gasteiger partial charge in [-0.05, 0) is 38.1 Å². The predicted molar refractivity (Wildman–Crippen MR) is 105 cm³/mol. The molecule has 0 atom stereocenters. The fourth-order valence-corrected chi connectivity index (χ4v) is 2.83. The van der Waals surface area contributed by atoms with Crippen LogP contribution in [0, 0.1) is 15.9 Å². The molecule has 1 heterocycles. The number of nitrogens with zero attached hydrogens (tertiary/aromatic N) is 2. The van der Waals surface area contributed by atoms with Gasteiger partial charge in [-0.1, -0.05) is 11.6 Å². The van der Waals surface area contributed by atoms with Gasteiger partial charge in [0, 0.05) is 17.1 Å². The summed E-state index contributed by atoms with van der Waals surface area (Å²) < 4.78 is 25.0. The second-order valence-corrected chi connectivity index (χ2v) is 6.12. The Labute approximate surface area is 165 Å². The third kappa shape index (κ3) is 3.91. The number of nitro groups is 1. The minimum Gasteiger partial charge on any atom is -0.490 e. The van der Waals surface area contributed by atoms with Crippen molar-refractivity contribution >= 4 is 39.6 Å². The molecule has 9 heteroatoms. The van der Waals surface area contributed by atoms with E-state index in [2.05, 4.69) is 10.3 Å². The van der Waals surface area contributed by atoms with E-state index in [0.29, 0.717) is 41.3 Å². The van der Waals surface area contributed by atoms with Crippen LogP contribution in [-0.2, 0) is 0 Å². The van der Waals surface area contributed by atoms with Crippen LogP contribution < -0.4 is 14.8 Å². The molecule has 0 saturated heterocycles. The molecule has 7 nitrogen and oxygen atoms in total. The fourth-order valence-electron chi connectivity index (χ4n) is 2.71. The maximum atomic E-state index is 13.8. The maximum Gasteiger partial charge on any atom is 0.311 e. The maximum absolute atomic E-state index is 13.8. The molecule has 0 fully saturated rings. The zero-order valence-corrected chi connectivity index (χ0v) is 15.9. The molecule has 0 radical (unpaired) electrons. The van der Waals surface area contributed by atoms with Gasteiger partial charge in [0.1, 0.15) is 17.7 Å². The van der Waals surface area contributed by atoms with E-state index < -0.39 is 10.7 Å². The first-order chi connectivity index (χ1) is 13.4. The molecule has 146 valence electrons. The van der Waals surface area contributed by atoms with Crippen LogP contribution in [0.25, 0.3) is 10.9 Å². The summed E-state index contributed by atoms with van der Waals surface area (Å²) in [6, 6.07) is 7.34. The number of hydrogen-bond donors (Lipinski definition) is 1. The zero-order chi connectivity index (χ0) is 20.3. The highest BCUT2D eigenvalue weighted by Crippen LogP contribution is 2.40. The van der Waals surface area contributed by atoms with Gasteiger partial charge in [-0.3, -0.25) is 10.1 Å². The molecule has 0 saturated carbocycles. The van der Waals surface area contributed by atoms with Gasteiger partial charge < -0.3 is 14.8 Å². The molecule has 0 bridgehead atoms. The van der Waals surface area contributed by atoms with E-state index in [4.69, 9.17) is 21.1 Å². The number of anilines is 2. The molecule has 0 aliphatic rings. The van der Waals surface area contributed by atoms with E-state index in [0.717, 1.165) is 12.3 Å². The van der Waals surface area contributed by atoms with Crippen molar-refractivity contribution in [3.63, 3.8) is 0 Å². The highest BCUT2D eigenvalue weighted by molar-refractivity contribution is 6.30. The standard InChI is InChI=1S/C19H17ClFN3O4/c1-3-27-17-8-12-15(9-18(17)28-4-2)22-10-16(24(25)26)19(12)23-11-5-6-13(20)14(21)7-11/h5-10H,3-4H2,1-2H3,(H,22,23). The average molecular weight is 406 g/mol. The fraction of sp³-hybridized carbons (Fsp3) is 0.211. The predicted octanol–water partition coefficient (Wildman–Crippen LogP) is 5.48. The van der Waals surface area contributed by atoms with E-state index in [1.807, 2.05) is 13.8 Å². The number of pyridine rings is 1. The number of rotatable bonds is 7. The Hall–Kier alpha value is -3.13. The van der Waals surface area contributed by atoms with Crippen LogP contribution in [0.5, 0.6) is 11.5 Å². The lowest BCUT2D eigenvalue weighted by Gasteiger charge is -2.15. The molecule has 1 N–H and O–H groups in total. The molecule has 3 rings (SSSR count). The van der Waals surface area contributed by atoms with Crippen molar-refractivity contribution in [2.45, 2.75) is 13.8 Å². The Morgan fingerprint density at radius 2 is 1.86 bits per heavy atom. The van der Waals surface area contributed by atoms with Crippen molar-refractivity contribution in [2.75, 3.05) is 18.5 Å². The van der Waals surface area contributed by atoms with Gasteiger partial charge in [-0.15, -0.1) is 0 Å². The van der Waals surface area contributed by atoms with E-state index in [1.165, 1.54) is 12.1 Å². The summed E-state index contributed by atoms with van der Waals surface area (Å²) in [5.74, 6) is 0.285. The molecule has 3 aromatic rings. The Bertz CT molecular complexity index is 1050. The second-order valence-electron chi connectivity index (χ2n) is 5.71. The van der Waals surface area contributed by atoms with Crippen LogP contribution in [0.2, 0.25) is 5.02 Å². The summed E-state index contributed by atoms with van der Waals surface area (Å²) in [5.41, 5.74) is 0.689. The van der Waals surface area contributed by atoms with E-state index >= 15 is 0 Å². The summed E-state index contributed by atoms with van der Waals surface area (Å²) in [4.78, 5) is 15.1. The Morgan fingerprint density at radius 1 is 1.18 bits per heavy atom. The van der Waals surface area contributed by atoms with Crippen LogP contribution in [-0.4, -0.2) is 23.1 Å². The molecule has 0 amide bonds. The molecule has 0 unspecified atom stereocenters. The van der Waals surface area contributed by atoms with Crippen molar-refractivity contribution in [3.05, 3.63) is 57.5 Å². The van der Waals surface area contributed by atoms with Gasteiger partial charge in [-0.2, -0.15) is 0 Å². The molecule has 0 spiro atoms.